The monoisotopic (exact) mass is 488 g/mol. The molecule has 176 valence electrons. The molecular formula is C27H21ClN2O5. The Labute approximate surface area is 207 Å². The van der Waals surface area contributed by atoms with Crippen molar-refractivity contribution >= 4 is 41.2 Å². The summed E-state index contributed by atoms with van der Waals surface area (Å²) in [5, 5.41) is 2.86. The molecule has 0 spiro atoms. The highest BCUT2D eigenvalue weighted by Gasteiger charge is 2.36. The predicted octanol–water partition coefficient (Wildman–Crippen LogP) is 5.15. The molecule has 35 heavy (non-hydrogen) atoms. The first kappa shape index (κ1) is 23.8. The van der Waals surface area contributed by atoms with Crippen molar-refractivity contribution in [1.82, 2.24) is 5.32 Å². The number of nitrogens with one attached hydrogen (secondary N) is 1. The first-order valence-corrected chi connectivity index (χ1v) is 11.0. The van der Waals surface area contributed by atoms with Gasteiger partial charge in [-0.25, -0.2) is 9.69 Å². The van der Waals surface area contributed by atoms with Crippen molar-refractivity contribution in [1.29, 1.82) is 0 Å². The molecule has 0 bridgehead atoms. The molecule has 0 saturated carbocycles. The quantitative estimate of drug-likeness (QED) is 0.269. The Bertz CT molecular complexity index is 1280. The van der Waals surface area contributed by atoms with Crippen LogP contribution in [-0.4, -0.2) is 24.5 Å². The third-order valence-corrected chi connectivity index (χ3v) is 5.33. The summed E-state index contributed by atoms with van der Waals surface area (Å²) in [6, 6.07) is 19.8. The Hall–Kier alpha value is -4.36. The van der Waals surface area contributed by atoms with Gasteiger partial charge in [-0.2, -0.15) is 0 Å². The zero-order chi connectivity index (χ0) is 24.8. The number of nitrogens with zero attached hydrogens (tertiary/aromatic N) is 1. The van der Waals surface area contributed by atoms with Crippen LogP contribution >= 0.6 is 11.6 Å². The van der Waals surface area contributed by atoms with E-state index in [2.05, 4.69) is 11.9 Å². The summed E-state index contributed by atoms with van der Waals surface area (Å²) >= 11 is 5.89. The van der Waals surface area contributed by atoms with Gasteiger partial charge in [0.05, 0.1) is 5.69 Å². The summed E-state index contributed by atoms with van der Waals surface area (Å²) < 4.78 is 11.2. The van der Waals surface area contributed by atoms with E-state index in [0.717, 1.165) is 10.5 Å². The van der Waals surface area contributed by atoms with E-state index in [1.165, 1.54) is 6.08 Å². The van der Waals surface area contributed by atoms with Gasteiger partial charge >= 0.3 is 6.03 Å². The van der Waals surface area contributed by atoms with E-state index < -0.39 is 17.8 Å². The van der Waals surface area contributed by atoms with E-state index in [1.807, 2.05) is 12.1 Å². The average molecular weight is 489 g/mol. The molecule has 1 aliphatic heterocycles. The summed E-state index contributed by atoms with van der Waals surface area (Å²) in [7, 11) is 0. The molecule has 0 unspecified atom stereocenters. The van der Waals surface area contributed by atoms with Crippen LogP contribution in [0.3, 0.4) is 0 Å². The van der Waals surface area contributed by atoms with Gasteiger partial charge in [-0.15, -0.1) is 0 Å². The van der Waals surface area contributed by atoms with Gasteiger partial charge in [0, 0.05) is 5.02 Å². The highest BCUT2D eigenvalue weighted by molar-refractivity contribution is 6.39. The molecular weight excluding hydrogens is 468 g/mol. The Kier molecular flexibility index (Phi) is 7.28. The van der Waals surface area contributed by atoms with Crippen LogP contribution in [0.2, 0.25) is 5.02 Å². The number of ether oxygens (including phenoxy) is 2. The number of hydrogen-bond donors (Lipinski definition) is 1. The Morgan fingerprint density at radius 1 is 0.857 bits per heavy atom. The maximum absolute atomic E-state index is 13.1. The number of imide groups is 2. The van der Waals surface area contributed by atoms with Crippen molar-refractivity contribution in [2.45, 2.75) is 6.61 Å². The van der Waals surface area contributed by atoms with Gasteiger partial charge in [0.25, 0.3) is 11.8 Å². The maximum Gasteiger partial charge on any atom is 0.335 e. The minimum atomic E-state index is -0.819. The number of amides is 4. The average Bonchev–Trinajstić information content (AvgIpc) is 2.86. The molecule has 1 fully saturated rings. The number of rotatable bonds is 8. The molecule has 0 aromatic heterocycles. The maximum atomic E-state index is 13.1. The summed E-state index contributed by atoms with van der Waals surface area (Å²) in [5.74, 6) is -0.299. The lowest BCUT2D eigenvalue weighted by Crippen LogP contribution is -2.54. The van der Waals surface area contributed by atoms with Crippen LogP contribution in [0.25, 0.3) is 6.08 Å². The number of urea groups is 1. The standard InChI is InChI=1S/C27H21ClN2O5/c1-2-15-34-22-11-5-18(6-12-22)16-24-25(31)29-27(33)30(26(24)32)21-9-13-23(14-10-21)35-17-19-3-7-20(28)8-4-19/h2-14,16H,1,15,17H2,(H,29,31,33)/b24-16+. The highest BCUT2D eigenvalue weighted by atomic mass is 35.5. The van der Waals surface area contributed by atoms with Crippen molar-refractivity contribution in [3.63, 3.8) is 0 Å². The summed E-state index contributed by atoms with van der Waals surface area (Å²) in [6.45, 7) is 4.29. The largest absolute Gasteiger partial charge is 0.490 e. The van der Waals surface area contributed by atoms with Gasteiger partial charge in [-0.3, -0.25) is 14.9 Å². The fraction of sp³-hybridized carbons (Fsp3) is 0.0741. The molecule has 0 atom stereocenters. The second-order valence-electron chi connectivity index (χ2n) is 7.54. The van der Waals surface area contributed by atoms with Crippen LogP contribution in [0.4, 0.5) is 10.5 Å². The fourth-order valence-corrected chi connectivity index (χ4v) is 3.44. The van der Waals surface area contributed by atoms with Crippen LogP contribution in [0, 0.1) is 0 Å². The Morgan fingerprint density at radius 3 is 2.14 bits per heavy atom. The number of barbiturate groups is 1. The second-order valence-corrected chi connectivity index (χ2v) is 7.97. The van der Waals surface area contributed by atoms with E-state index in [-0.39, 0.29) is 5.57 Å². The second kappa shape index (κ2) is 10.7. The van der Waals surface area contributed by atoms with E-state index in [0.29, 0.717) is 41.0 Å². The van der Waals surface area contributed by atoms with Gasteiger partial charge in [0.1, 0.15) is 30.3 Å². The van der Waals surface area contributed by atoms with Crippen LogP contribution < -0.4 is 19.7 Å². The third-order valence-electron chi connectivity index (χ3n) is 5.07. The molecule has 1 N–H and O–H groups in total. The fourth-order valence-electron chi connectivity index (χ4n) is 3.31. The molecule has 3 aromatic carbocycles. The molecule has 1 aliphatic rings. The Balaban J connectivity index is 1.48. The van der Waals surface area contributed by atoms with Crippen molar-refractivity contribution < 1.29 is 23.9 Å². The lowest BCUT2D eigenvalue weighted by molar-refractivity contribution is -0.122. The van der Waals surface area contributed by atoms with Gasteiger partial charge in [-0.1, -0.05) is 48.5 Å². The number of halogens is 1. The zero-order valence-corrected chi connectivity index (χ0v) is 19.3. The van der Waals surface area contributed by atoms with E-state index in [4.69, 9.17) is 21.1 Å². The molecule has 7 nitrogen and oxygen atoms in total. The SMILES string of the molecule is C=CCOc1ccc(/C=C2\C(=O)NC(=O)N(c3ccc(OCc4ccc(Cl)cc4)cc3)C2=O)cc1. The van der Waals surface area contributed by atoms with Gasteiger partial charge in [-0.05, 0) is 65.7 Å². The molecule has 3 aromatic rings. The van der Waals surface area contributed by atoms with E-state index >= 15 is 0 Å². The molecule has 4 amide bonds. The van der Waals surface area contributed by atoms with Crippen LogP contribution in [0.1, 0.15) is 11.1 Å². The topological polar surface area (TPSA) is 84.9 Å². The van der Waals surface area contributed by atoms with Gasteiger partial charge < -0.3 is 9.47 Å². The van der Waals surface area contributed by atoms with Crippen molar-refractivity contribution in [3.8, 4) is 11.5 Å². The number of carbonyl (C=O) groups excluding carboxylic acids is 3. The Morgan fingerprint density at radius 2 is 1.49 bits per heavy atom. The molecule has 1 saturated heterocycles. The lowest BCUT2D eigenvalue weighted by Gasteiger charge is -2.26. The van der Waals surface area contributed by atoms with Crippen molar-refractivity contribution in [2.24, 2.45) is 0 Å². The summed E-state index contributed by atoms with van der Waals surface area (Å²) in [5.41, 5.74) is 1.69. The minimum absolute atomic E-state index is 0.160. The third kappa shape index (κ3) is 5.77. The van der Waals surface area contributed by atoms with Crippen LogP contribution in [0.15, 0.2) is 91.0 Å². The number of benzene rings is 3. The van der Waals surface area contributed by atoms with E-state index in [9.17, 15) is 14.4 Å². The highest BCUT2D eigenvalue weighted by Crippen LogP contribution is 2.25. The minimum Gasteiger partial charge on any atom is -0.490 e. The van der Waals surface area contributed by atoms with Crippen molar-refractivity contribution in [2.75, 3.05) is 11.5 Å². The van der Waals surface area contributed by atoms with Gasteiger partial charge in [0.15, 0.2) is 0 Å². The predicted molar refractivity (Wildman–Crippen MR) is 133 cm³/mol. The molecule has 8 heteroatoms. The molecule has 0 radical (unpaired) electrons. The number of anilines is 1. The summed E-state index contributed by atoms with van der Waals surface area (Å²) in [6.07, 6.45) is 3.06. The number of carbonyl (C=O) groups is 3. The van der Waals surface area contributed by atoms with E-state index in [1.54, 1.807) is 66.7 Å². The first-order chi connectivity index (χ1) is 16.9. The smallest absolute Gasteiger partial charge is 0.335 e. The lowest BCUT2D eigenvalue weighted by atomic mass is 10.1. The van der Waals surface area contributed by atoms with Crippen LogP contribution in [0.5, 0.6) is 11.5 Å². The summed E-state index contributed by atoms with van der Waals surface area (Å²) in [4.78, 5) is 38.8. The molecule has 0 aliphatic carbocycles. The molecule has 1 heterocycles. The first-order valence-electron chi connectivity index (χ1n) is 10.7. The number of hydrogen-bond acceptors (Lipinski definition) is 5. The van der Waals surface area contributed by atoms with Gasteiger partial charge in [0.2, 0.25) is 0 Å². The molecule has 4 rings (SSSR count). The normalized spacial score (nSPS) is 14.6. The zero-order valence-electron chi connectivity index (χ0n) is 18.6. The van der Waals surface area contributed by atoms with Crippen LogP contribution in [-0.2, 0) is 16.2 Å². The van der Waals surface area contributed by atoms with Crippen molar-refractivity contribution in [3.05, 3.63) is 107 Å².